The Morgan fingerprint density at radius 1 is 0.909 bits per heavy atom. The van der Waals surface area contributed by atoms with Gasteiger partial charge in [-0.2, -0.15) is 8.42 Å². The van der Waals surface area contributed by atoms with Crippen LogP contribution in [0.3, 0.4) is 0 Å². The maximum absolute atomic E-state index is 11.6. The molecule has 6 heteroatoms. The molecule has 0 aliphatic heterocycles. The maximum Gasteiger partial charge on any atom is 0.298 e. The normalized spacial score (nSPS) is 11.7. The Labute approximate surface area is 127 Å². The molecule has 0 bridgehead atoms. The lowest BCUT2D eigenvalue weighted by Crippen LogP contribution is -2.03. The van der Waals surface area contributed by atoms with Crippen molar-refractivity contribution in [2.24, 2.45) is 0 Å². The molecule has 0 aliphatic carbocycles. The van der Waals surface area contributed by atoms with Gasteiger partial charge in [-0.3, -0.25) is 4.55 Å². The van der Waals surface area contributed by atoms with Gasteiger partial charge in [-0.05, 0) is 22.9 Å². The van der Waals surface area contributed by atoms with Crippen molar-refractivity contribution in [1.82, 2.24) is 0 Å². The largest absolute Gasteiger partial charge is 0.506 e. The van der Waals surface area contributed by atoms with Crippen LogP contribution in [0.25, 0.3) is 21.9 Å². The second-order valence-electron chi connectivity index (χ2n) is 4.88. The standard InChI is InChI=1S/C16H13NO4S/c17-13-9-8-10-4-1-2-5-11(10)15(13)12-6-3-7-14(18)16(12)22(19,20)21/h1-9,18H,17H2,(H,19,20,21). The van der Waals surface area contributed by atoms with Crippen LogP contribution in [0.1, 0.15) is 0 Å². The van der Waals surface area contributed by atoms with E-state index in [1.807, 2.05) is 18.2 Å². The van der Waals surface area contributed by atoms with Gasteiger partial charge in [-0.1, -0.05) is 42.5 Å². The van der Waals surface area contributed by atoms with Crippen molar-refractivity contribution in [3.05, 3.63) is 54.6 Å². The van der Waals surface area contributed by atoms with Crippen LogP contribution in [-0.2, 0) is 10.1 Å². The number of fused-ring (bicyclic) bond motifs is 1. The Morgan fingerprint density at radius 2 is 1.64 bits per heavy atom. The summed E-state index contributed by atoms with van der Waals surface area (Å²) in [6.07, 6.45) is 0. The van der Waals surface area contributed by atoms with E-state index in [0.29, 0.717) is 11.3 Å². The van der Waals surface area contributed by atoms with E-state index in [2.05, 4.69) is 0 Å². The molecule has 0 aromatic heterocycles. The highest BCUT2D eigenvalue weighted by Gasteiger charge is 2.23. The van der Waals surface area contributed by atoms with E-state index in [0.717, 1.165) is 10.8 Å². The molecule has 0 atom stereocenters. The van der Waals surface area contributed by atoms with E-state index in [4.69, 9.17) is 5.73 Å². The third kappa shape index (κ3) is 2.28. The molecule has 0 unspecified atom stereocenters. The van der Waals surface area contributed by atoms with E-state index in [9.17, 15) is 18.1 Å². The molecule has 0 saturated heterocycles. The Hall–Kier alpha value is -2.57. The fourth-order valence-electron chi connectivity index (χ4n) is 2.58. The van der Waals surface area contributed by atoms with Gasteiger partial charge >= 0.3 is 0 Å². The van der Waals surface area contributed by atoms with Gasteiger partial charge in [0.15, 0.2) is 0 Å². The predicted molar refractivity (Wildman–Crippen MR) is 85.3 cm³/mol. The van der Waals surface area contributed by atoms with Crippen LogP contribution in [0.4, 0.5) is 5.69 Å². The van der Waals surface area contributed by atoms with Crippen molar-refractivity contribution in [3.63, 3.8) is 0 Å². The van der Waals surface area contributed by atoms with E-state index in [1.54, 1.807) is 18.2 Å². The number of hydrogen-bond donors (Lipinski definition) is 3. The minimum atomic E-state index is -4.60. The summed E-state index contributed by atoms with van der Waals surface area (Å²) in [5.41, 5.74) is 7.00. The molecule has 0 spiro atoms. The van der Waals surface area contributed by atoms with E-state index in [1.165, 1.54) is 18.2 Å². The summed E-state index contributed by atoms with van der Waals surface area (Å²) in [5.74, 6) is -0.521. The monoisotopic (exact) mass is 315 g/mol. The van der Waals surface area contributed by atoms with Gasteiger partial charge in [0.05, 0.1) is 0 Å². The lowest BCUT2D eigenvalue weighted by atomic mass is 9.96. The van der Waals surface area contributed by atoms with Crippen molar-refractivity contribution in [2.75, 3.05) is 5.73 Å². The zero-order valence-corrected chi connectivity index (χ0v) is 12.2. The van der Waals surface area contributed by atoms with Crippen LogP contribution in [-0.4, -0.2) is 18.1 Å². The van der Waals surface area contributed by atoms with Gasteiger partial charge in [0, 0.05) is 16.8 Å². The van der Waals surface area contributed by atoms with E-state index < -0.39 is 20.8 Å². The smallest absolute Gasteiger partial charge is 0.298 e. The molecule has 0 heterocycles. The van der Waals surface area contributed by atoms with Crippen LogP contribution in [0.2, 0.25) is 0 Å². The van der Waals surface area contributed by atoms with Crippen molar-refractivity contribution in [1.29, 1.82) is 0 Å². The number of nitrogens with two attached hydrogens (primary N) is 1. The molecule has 22 heavy (non-hydrogen) atoms. The molecule has 0 radical (unpaired) electrons. The zero-order chi connectivity index (χ0) is 15.9. The number of benzene rings is 3. The number of anilines is 1. The van der Waals surface area contributed by atoms with Gasteiger partial charge in [0.2, 0.25) is 0 Å². The Bertz CT molecular complexity index is 981. The molecule has 3 rings (SSSR count). The van der Waals surface area contributed by atoms with Crippen LogP contribution >= 0.6 is 0 Å². The first kappa shape index (κ1) is 14.4. The third-order valence-electron chi connectivity index (χ3n) is 3.48. The molecule has 0 saturated carbocycles. The first-order valence-electron chi connectivity index (χ1n) is 6.46. The first-order chi connectivity index (χ1) is 10.4. The van der Waals surface area contributed by atoms with Crippen LogP contribution in [0.5, 0.6) is 5.75 Å². The maximum atomic E-state index is 11.6. The molecule has 0 aliphatic rings. The van der Waals surface area contributed by atoms with Gasteiger partial charge in [-0.25, -0.2) is 0 Å². The molecule has 3 aromatic rings. The number of phenols is 1. The first-order valence-corrected chi connectivity index (χ1v) is 7.90. The zero-order valence-electron chi connectivity index (χ0n) is 11.4. The highest BCUT2D eigenvalue weighted by molar-refractivity contribution is 7.86. The quantitative estimate of drug-likeness (QED) is 0.498. The second kappa shape index (κ2) is 5.01. The Kier molecular flexibility index (Phi) is 3.27. The van der Waals surface area contributed by atoms with Crippen molar-refractivity contribution < 1.29 is 18.1 Å². The fourth-order valence-corrected chi connectivity index (χ4v) is 3.36. The van der Waals surface area contributed by atoms with Crippen molar-refractivity contribution in [2.45, 2.75) is 4.90 Å². The van der Waals surface area contributed by atoms with E-state index in [-0.39, 0.29) is 5.56 Å². The van der Waals surface area contributed by atoms with Gasteiger partial charge in [-0.15, -0.1) is 0 Å². The van der Waals surface area contributed by atoms with Gasteiger partial charge in [0.25, 0.3) is 10.1 Å². The summed E-state index contributed by atoms with van der Waals surface area (Å²) in [5, 5.41) is 11.5. The summed E-state index contributed by atoms with van der Waals surface area (Å²) in [6.45, 7) is 0. The number of phenolic OH excluding ortho intramolecular Hbond substituents is 1. The van der Waals surface area contributed by atoms with E-state index >= 15 is 0 Å². The number of nitrogen functional groups attached to an aromatic ring is 1. The Balaban J connectivity index is 2.49. The highest BCUT2D eigenvalue weighted by Crippen LogP contribution is 2.40. The number of aromatic hydroxyl groups is 1. The van der Waals surface area contributed by atoms with Crippen LogP contribution < -0.4 is 5.73 Å². The molecule has 0 amide bonds. The SMILES string of the molecule is Nc1ccc2ccccc2c1-c1cccc(O)c1S(=O)(=O)O. The molecule has 5 nitrogen and oxygen atoms in total. The average Bonchev–Trinajstić information content (AvgIpc) is 2.45. The average molecular weight is 315 g/mol. The number of rotatable bonds is 2. The molecule has 112 valence electrons. The van der Waals surface area contributed by atoms with Gasteiger partial charge < -0.3 is 10.8 Å². The van der Waals surface area contributed by atoms with Crippen molar-refractivity contribution in [3.8, 4) is 16.9 Å². The molecule has 0 fully saturated rings. The summed E-state index contributed by atoms with van der Waals surface area (Å²) in [4.78, 5) is -0.543. The lowest BCUT2D eigenvalue weighted by Gasteiger charge is -2.14. The van der Waals surface area contributed by atoms with Crippen LogP contribution in [0.15, 0.2) is 59.5 Å². The minimum absolute atomic E-state index is 0.164. The van der Waals surface area contributed by atoms with Gasteiger partial charge in [0.1, 0.15) is 10.6 Å². The topological polar surface area (TPSA) is 101 Å². The summed E-state index contributed by atoms with van der Waals surface area (Å²) >= 11 is 0. The minimum Gasteiger partial charge on any atom is -0.506 e. The predicted octanol–water partition coefficient (Wildman–Crippen LogP) is 3.04. The fraction of sp³-hybridized carbons (Fsp3) is 0. The molecular weight excluding hydrogens is 302 g/mol. The van der Waals surface area contributed by atoms with Crippen molar-refractivity contribution >= 4 is 26.6 Å². The highest BCUT2D eigenvalue weighted by atomic mass is 32.2. The molecule has 4 N–H and O–H groups in total. The second-order valence-corrected chi connectivity index (χ2v) is 6.24. The lowest BCUT2D eigenvalue weighted by molar-refractivity contribution is 0.444. The third-order valence-corrected chi connectivity index (χ3v) is 4.43. The summed E-state index contributed by atoms with van der Waals surface area (Å²) < 4.78 is 32.7. The van der Waals surface area contributed by atoms with Crippen LogP contribution in [0, 0.1) is 0 Å². The number of hydrogen-bond acceptors (Lipinski definition) is 4. The molecular formula is C16H13NO4S. The summed E-state index contributed by atoms with van der Waals surface area (Å²) in [6, 6.07) is 15.0. The Morgan fingerprint density at radius 3 is 2.36 bits per heavy atom. The molecule has 3 aromatic carbocycles. The summed E-state index contributed by atoms with van der Waals surface area (Å²) in [7, 11) is -4.60.